The van der Waals surface area contributed by atoms with Crippen molar-refractivity contribution in [3.05, 3.63) is 33.6 Å². The summed E-state index contributed by atoms with van der Waals surface area (Å²) in [6, 6.07) is -1.45. The maximum Gasteiger partial charge on any atom is 0.405 e. The topological polar surface area (TPSA) is 138 Å². The average Bonchev–Trinajstić information content (AvgIpc) is 3.56. The summed E-state index contributed by atoms with van der Waals surface area (Å²) in [7, 11) is -2.98. The maximum atomic E-state index is 15.9. The zero-order valence-corrected chi connectivity index (χ0v) is 19.2. The van der Waals surface area contributed by atoms with Crippen molar-refractivity contribution in [3.8, 4) is 0 Å². The highest BCUT2D eigenvalue weighted by molar-refractivity contribution is 7.50. The van der Waals surface area contributed by atoms with E-state index in [1.165, 1.54) is 14.1 Å². The van der Waals surface area contributed by atoms with Crippen LogP contribution in [0.4, 0.5) is 20.2 Å². The van der Waals surface area contributed by atoms with Crippen molar-refractivity contribution in [1.82, 2.24) is 9.24 Å². The van der Waals surface area contributed by atoms with Crippen LogP contribution in [0.5, 0.6) is 0 Å². The molecule has 13 heteroatoms. The van der Waals surface area contributed by atoms with Gasteiger partial charge in [-0.05, 0) is 26.7 Å². The largest absolute Gasteiger partial charge is 0.477 e. The SMILES string of the molecule is COP(=O)(O)N1C(C)CN(c2c(F)c(N)c3c(=O)c(C(=O)O)cn(C4CC4)c3c2F)CC1C. The molecule has 1 aliphatic heterocycles. The van der Waals surface area contributed by atoms with Gasteiger partial charge in [0.05, 0.1) is 16.6 Å². The molecule has 2 heterocycles. The number of hydrogen-bond acceptors (Lipinski definition) is 6. The number of anilines is 2. The first-order valence-electron chi connectivity index (χ1n) is 10.4. The molecule has 3 atom stereocenters. The molecule has 0 amide bonds. The molecule has 1 aliphatic carbocycles. The van der Waals surface area contributed by atoms with Crippen LogP contribution in [0.1, 0.15) is 43.1 Å². The van der Waals surface area contributed by atoms with E-state index in [9.17, 15) is 24.2 Å². The number of fused-ring (bicyclic) bond motifs is 1. The molecule has 33 heavy (non-hydrogen) atoms. The fourth-order valence-electron chi connectivity index (χ4n) is 4.71. The number of aromatic carboxylic acids is 1. The van der Waals surface area contributed by atoms with Gasteiger partial charge in [-0.25, -0.2) is 18.1 Å². The Hall–Kier alpha value is -2.53. The van der Waals surface area contributed by atoms with Crippen molar-refractivity contribution >= 4 is 36.0 Å². The molecule has 1 aromatic heterocycles. The lowest BCUT2D eigenvalue weighted by Crippen LogP contribution is -2.55. The Labute approximate surface area is 187 Å². The summed E-state index contributed by atoms with van der Waals surface area (Å²) < 4.78 is 51.1. The number of pyridine rings is 1. The number of carboxylic acid groups (broad SMARTS) is 1. The lowest BCUT2D eigenvalue weighted by Gasteiger charge is -2.45. The van der Waals surface area contributed by atoms with E-state index >= 15 is 8.78 Å². The monoisotopic (exact) mass is 486 g/mol. The number of benzene rings is 1. The minimum Gasteiger partial charge on any atom is -0.477 e. The van der Waals surface area contributed by atoms with E-state index in [1.54, 1.807) is 13.8 Å². The molecule has 0 spiro atoms. The van der Waals surface area contributed by atoms with Gasteiger partial charge in [-0.2, -0.15) is 4.67 Å². The van der Waals surface area contributed by atoms with Crippen LogP contribution < -0.4 is 16.1 Å². The van der Waals surface area contributed by atoms with Gasteiger partial charge in [0.25, 0.3) is 0 Å². The molecule has 10 nitrogen and oxygen atoms in total. The van der Waals surface area contributed by atoms with E-state index in [0.29, 0.717) is 12.8 Å². The second-order valence-corrected chi connectivity index (χ2v) is 10.4. The van der Waals surface area contributed by atoms with E-state index in [1.807, 2.05) is 0 Å². The van der Waals surface area contributed by atoms with Gasteiger partial charge in [-0.15, -0.1) is 0 Å². The first kappa shape index (κ1) is 23.6. The van der Waals surface area contributed by atoms with Crippen LogP contribution >= 0.6 is 7.75 Å². The van der Waals surface area contributed by atoms with E-state index in [2.05, 4.69) is 0 Å². The van der Waals surface area contributed by atoms with Crippen molar-refractivity contribution in [2.75, 3.05) is 30.8 Å². The Bertz CT molecular complexity index is 1250. The lowest BCUT2D eigenvalue weighted by molar-refractivity contribution is 0.0694. The van der Waals surface area contributed by atoms with Gasteiger partial charge in [0.2, 0.25) is 5.43 Å². The molecule has 2 aromatic rings. The highest BCUT2D eigenvalue weighted by Crippen LogP contribution is 2.50. The third-order valence-corrected chi connectivity index (χ3v) is 8.10. The normalized spacial score (nSPS) is 23.6. The number of carbonyl (C=O) groups is 1. The van der Waals surface area contributed by atoms with E-state index in [0.717, 1.165) is 13.3 Å². The van der Waals surface area contributed by atoms with Gasteiger partial charge < -0.3 is 29.7 Å². The van der Waals surface area contributed by atoms with Gasteiger partial charge in [0.1, 0.15) is 11.3 Å². The number of halogens is 2. The van der Waals surface area contributed by atoms with Gasteiger partial charge in [0.15, 0.2) is 11.6 Å². The molecule has 2 aliphatic rings. The van der Waals surface area contributed by atoms with Crippen molar-refractivity contribution < 1.29 is 32.7 Å². The summed E-state index contributed by atoms with van der Waals surface area (Å²) in [6.45, 7) is 3.23. The number of hydrogen-bond donors (Lipinski definition) is 3. The molecule has 0 radical (unpaired) electrons. The molecule has 1 saturated heterocycles. The number of aromatic nitrogens is 1. The van der Waals surface area contributed by atoms with Crippen molar-refractivity contribution in [1.29, 1.82) is 0 Å². The fraction of sp³-hybridized carbons (Fsp3) is 0.500. The first-order valence-corrected chi connectivity index (χ1v) is 11.9. The predicted molar refractivity (Wildman–Crippen MR) is 118 cm³/mol. The highest BCUT2D eigenvalue weighted by Gasteiger charge is 2.43. The van der Waals surface area contributed by atoms with Crippen molar-refractivity contribution in [2.45, 2.75) is 44.8 Å². The molecule has 1 aromatic carbocycles. The second kappa shape index (κ2) is 8.05. The average molecular weight is 486 g/mol. The van der Waals surface area contributed by atoms with Crippen LogP contribution in [-0.4, -0.2) is 57.5 Å². The zero-order chi connectivity index (χ0) is 24.4. The first-order chi connectivity index (χ1) is 15.4. The number of nitrogens with zero attached hydrogens (tertiary/aromatic N) is 3. The zero-order valence-electron chi connectivity index (χ0n) is 18.3. The molecule has 2 fully saturated rings. The van der Waals surface area contributed by atoms with E-state index in [-0.39, 0.29) is 24.6 Å². The van der Waals surface area contributed by atoms with Crippen molar-refractivity contribution in [3.63, 3.8) is 0 Å². The van der Waals surface area contributed by atoms with Gasteiger partial charge >= 0.3 is 13.7 Å². The van der Waals surface area contributed by atoms with Crippen LogP contribution in [0.3, 0.4) is 0 Å². The third-order valence-electron chi connectivity index (χ3n) is 6.25. The number of carboxylic acids is 1. The van der Waals surface area contributed by atoms with Gasteiger partial charge in [-0.1, -0.05) is 0 Å². The Balaban J connectivity index is 1.91. The van der Waals surface area contributed by atoms with Crippen LogP contribution in [0.25, 0.3) is 10.9 Å². The fourth-order valence-corrected chi connectivity index (χ4v) is 6.04. The summed E-state index contributed by atoms with van der Waals surface area (Å²) in [4.78, 5) is 35.8. The molecule has 0 bridgehead atoms. The molecule has 4 N–H and O–H groups in total. The Morgan fingerprint density at radius 2 is 1.79 bits per heavy atom. The number of nitrogens with two attached hydrogens (primary N) is 1. The molecule has 3 unspecified atom stereocenters. The van der Waals surface area contributed by atoms with Gasteiger partial charge in [-0.3, -0.25) is 4.79 Å². The lowest BCUT2D eigenvalue weighted by atomic mass is 10.0. The highest BCUT2D eigenvalue weighted by atomic mass is 31.2. The Morgan fingerprint density at radius 1 is 1.21 bits per heavy atom. The molecule has 4 rings (SSSR count). The number of rotatable bonds is 5. The number of nitrogen functional groups attached to an aromatic ring is 1. The minimum atomic E-state index is -4.09. The summed E-state index contributed by atoms with van der Waals surface area (Å²) in [5.41, 5.74) is 2.96. The maximum absolute atomic E-state index is 15.9. The van der Waals surface area contributed by atoms with E-state index < -0.39 is 65.2 Å². The van der Waals surface area contributed by atoms with Crippen LogP contribution in [-0.2, 0) is 9.09 Å². The van der Waals surface area contributed by atoms with Crippen LogP contribution in [0, 0.1) is 11.6 Å². The minimum absolute atomic E-state index is 0.0160. The summed E-state index contributed by atoms with van der Waals surface area (Å²) in [5, 5.41) is 8.90. The standard InChI is InChI=1S/C20H25F2N4O6P/c1-9-6-24(7-10(2)26(9)33(30,31)32-3)18-14(21)16(23)13-17(15(18)22)25(11-4-5-11)8-12(19(13)27)20(28)29/h8-11H,4-7,23H2,1-3H3,(H,28,29)(H,30,31). The summed E-state index contributed by atoms with van der Waals surface area (Å²) >= 11 is 0. The molecular weight excluding hydrogens is 461 g/mol. The smallest absolute Gasteiger partial charge is 0.405 e. The van der Waals surface area contributed by atoms with Gasteiger partial charge in [0, 0.05) is 44.5 Å². The summed E-state index contributed by atoms with van der Waals surface area (Å²) in [6.07, 6.45) is 2.38. The quantitative estimate of drug-likeness (QED) is 0.430. The molecular formula is C20H25F2N4O6P. The Morgan fingerprint density at radius 3 is 2.27 bits per heavy atom. The number of piperazine rings is 1. The molecule has 1 saturated carbocycles. The Kier molecular flexibility index (Phi) is 5.76. The van der Waals surface area contributed by atoms with Crippen molar-refractivity contribution in [2.24, 2.45) is 0 Å². The molecule has 180 valence electrons. The third kappa shape index (κ3) is 3.71. The van der Waals surface area contributed by atoms with Crippen LogP contribution in [0.15, 0.2) is 11.0 Å². The van der Waals surface area contributed by atoms with E-state index in [4.69, 9.17) is 10.3 Å². The summed E-state index contributed by atoms with van der Waals surface area (Å²) in [5.74, 6) is -3.70. The van der Waals surface area contributed by atoms with Crippen LogP contribution in [0.2, 0.25) is 0 Å². The predicted octanol–water partition coefficient (Wildman–Crippen LogP) is 2.54. The second-order valence-electron chi connectivity index (χ2n) is 8.59.